The molecule has 0 bridgehead atoms. The summed E-state index contributed by atoms with van der Waals surface area (Å²) < 4.78 is 16.4. The molecule has 0 aliphatic heterocycles. The molecular weight excluding hydrogens is 244 g/mol. The van der Waals surface area contributed by atoms with Gasteiger partial charge in [-0.05, 0) is 12.8 Å². The molecule has 0 amide bonds. The number of unbranched alkanes of at least 4 members (excludes halogenated alkanes) is 2. The molecule has 0 saturated carbocycles. The standard InChI is InChI=1S/C15H32O4/c1-3-5-7-15(8-6-4-2)19-14-13-18-12-11-17-10-9-16/h15-16H,3-14H2,1-2H3. The number of hydrogen-bond acceptors (Lipinski definition) is 4. The van der Waals surface area contributed by atoms with Crippen LogP contribution < -0.4 is 0 Å². The minimum absolute atomic E-state index is 0.0691. The van der Waals surface area contributed by atoms with Crippen LogP contribution in [0, 0.1) is 0 Å². The Bertz CT molecular complexity index is 156. The maximum Gasteiger partial charge on any atom is 0.0704 e. The van der Waals surface area contributed by atoms with Gasteiger partial charge in [-0.1, -0.05) is 39.5 Å². The van der Waals surface area contributed by atoms with E-state index >= 15 is 0 Å². The summed E-state index contributed by atoms with van der Waals surface area (Å²) >= 11 is 0. The van der Waals surface area contributed by atoms with Crippen molar-refractivity contribution in [3.63, 3.8) is 0 Å². The predicted molar refractivity (Wildman–Crippen MR) is 77.5 cm³/mol. The van der Waals surface area contributed by atoms with E-state index < -0.39 is 0 Å². The summed E-state index contributed by atoms with van der Waals surface area (Å²) in [6, 6.07) is 0. The maximum absolute atomic E-state index is 8.52. The van der Waals surface area contributed by atoms with Crippen LogP contribution in [0.1, 0.15) is 52.4 Å². The molecule has 0 aliphatic carbocycles. The highest BCUT2D eigenvalue weighted by Gasteiger charge is 2.07. The highest BCUT2D eigenvalue weighted by atomic mass is 16.5. The molecule has 0 unspecified atom stereocenters. The van der Waals surface area contributed by atoms with Crippen LogP contribution in [0.4, 0.5) is 0 Å². The number of aliphatic hydroxyl groups is 1. The summed E-state index contributed by atoms with van der Waals surface area (Å²) in [5, 5.41) is 8.52. The summed E-state index contributed by atoms with van der Waals surface area (Å²) in [5.41, 5.74) is 0. The van der Waals surface area contributed by atoms with Gasteiger partial charge in [-0.3, -0.25) is 0 Å². The fourth-order valence-electron chi connectivity index (χ4n) is 1.83. The summed E-state index contributed by atoms with van der Waals surface area (Å²) in [7, 11) is 0. The number of aliphatic hydroxyl groups excluding tert-OH is 1. The van der Waals surface area contributed by atoms with E-state index in [9.17, 15) is 0 Å². The van der Waals surface area contributed by atoms with Crippen LogP contribution in [-0.2, 0) is 14.2 Å². The highest BCUT2D eigenvalue weighted by Crippen LogP contribution is 2.12. The van der Waals surface area contributed by atoms with Gasteiger partial charge in [0.25, 0.3) is 0 Å². The van der Waals surface area contributed by atoms with Crippen LogP contribution in [0.3, 0.4) is 0 Å². The molecule has 0 aromatic heterocycles. The van der Waals surface area contributed by atoms with Gasteiger partial charge in [-0.15, -0.1) is 0 Å². The first-order chi connectivity index (χ1) is 9.35. The van der Waals surface area contributed by atoms with Crippen molar-refractivity contribution in [3.05, 3.63) is 0 Å². The number of hydrogen-bond donors (Lipinski definition) is 1. The second-order valence-electron chi connectivity index (χ2n) is 4.73. The Labute approximate surface area is 118 Å². The zero-order valence-corrected chi connectivity index (χ0v) is 12.7. The molecule has 0 fully saturated rings. The van der Waals surface area contributed by atoms with Crippen LogP contribution in [0.15, 0.2) is 0 Å². The number of rotatable bonds is 15. The molecule has 4 nitrogen and oxygen atoms in total. The van der Waals surface area contributed by atoms with E-state index in [-0.39, 0.29) is 6.61 Å². The van der Waals surface area contributed by atoms with Crippen LogP contribution in [0.25, 0.3) is 0 Å². The van der Waals surface area contributed by atoms with Crippen molar-refractivity contribution in [2.24, 2.45) is 0 Å². The summed E-state index contributed by atoms with van der Waals surface area (Å²) in [4.78, 5) is 0. The van der Waals surface area contributed by atoms with Gasteiger partial charge in [0.1, 0.15) is 0 Å². The van der Waals surface area contributed by atoms with E-state index in [1.54, 1.807) is 0 Å². The highest BCUT2D eigenvalue weighted by molar-refractivity contribution is 4.58. The molecule has 0 spiro atoms. The minimum Gasteiger partial charge on any atom is -0.394 e. The minimum atomic E-state index is 0.0691. The Morgan fingerprint density at radius 2 is 1.32 bits per heavy atom. The average molecular weight is 276 g/mol. The Morgan fingerprint density at radius 1 is 0.789 bits per heavy atom. The SMILES string of the molecule is CCCCC(CCCC)OCCOCCOCCO. The van der Waals surface area contributed by atoms with Crippen molar-refractivity contribution < 1.29 is 19.3 Å². The second-order valence-corrected chi connectivity index (χ2v) is 4.73. The molecular formula is C15H32O4. The molecule has 4 heteroatoms. The zero-order chi connectivity index (χ0) is 14.2. The van der Waals surface area contributed by atoms with E-state index in [0.717, 1.165) is 12.8 Å². The fraction of sp³-hybridized carbons (Fsp3) is 1.00. The van der Waals surface area contributed by atoms with E-state index in [1.165, 1.54) is 25.7 Å². The number of ether oxygens (including phenoxy) is 3. The van der Waals surface area contributed by atoms with Gasteiger partial charge in [0, 0.05) is 0 Å². The molecule has 0 aromatic carbocycles. The third-order valence-electron chi connectivity index (χ3n) is 2.95. The van der Waals surface area contributed by atoms with Crippen LogP contribution in [-0.4, -0.2) is 50.9 Å². The fourth-order valence-corrected chi connectivity index (χ4v) is 1.83. The third kappa shape index (κ3) is 14.1. The van der Waals surface area contributed by atoms with E-state index in [4.69, 9.17) is 19.3 Å². The average Bonchev–Trinajstić information content (AvgIpc) is 2.43. The Kier molecular flexibility index (Phi) is 15.8. The Hall–Kier alpha value is -0.160. The Morgan fingerprint density at radius 3 is 1.84 bits per heavy atom. The third-order valence-corrected chi connectivity index (χ3v) is 2.95. The van der Waals surface area contributed by atoms with Gasteiger partial charge < -0.3 is 19.3 Å². The largest absolute Gasteiger partial charge is 0.394 e. The quantitative estimate of drug-likeness (QED) is 0.467. The first-order valence-electron chi connectivity index (χ1n) is 7.73. The summed E-state index contributed by atoms with van der Waals surface area (Å²) in [6.07, 6.45) is 7.66. The van der Waals surface area contributed by atoms with Crippen molar-refractivity contribution in [3.8, 4) is 0 Å². The van der Waals surface area contributed by atoms with Crippen molar-refractivity contribution in [1.29, 1.82) is 0 Å². The molecule has 116 valence electrons. The maximum atomic E-state index is 8.52. The van der Waals surface area contributed by atoms with Crippen LogP contribution >= 0.6 is 0 Å². The van der Waals surface area contributed by atoms with Crippen molar-refractivity contribution in [2.75, 3.05) is 39.6 Å². The van der Waals surface area contributed by atoms with Crippen LogP contribution in [0.2, 0.25) is 0 Å². The van der Waals surface area contributed by atoms with Gasteiger partial charge in [0.2, 0.25) is 0 Å². The topological polar surface area (TPSA) is 47.9 Å². The van der Waals surface area contributed by atoms with E-state index in [0.29, 0.717) is 39.1 Å². The molecule has 0 saturated heterocycles. The molecule has 19 heavy (non-hydrogen) atoms. The first-order valence-corrected chi connectivity index (χ1v) is 7.73. The molecule has 0 rings (SSSR count). The zero-order valence-electron chi connectivity index (χ0n) is 12.7. The normalized spacial score (nSPS) is 11.4. The van der Waals surface area contributed by atoms with Crippen molar-refractivity contribution in [1.82, 2.24) is 0 Å². The monoisotopic (exact) mass is 276 g/mol. The molecule has 0 radical (unpaired) electrons. The second kappa shape index (κ2) is 15.9. The van der Waals surface area contributed by atoms with Crippen LogP contribution in [0.5, 0.6) is 0 Å². The van der Waals surface area contributed by atoms with Gasteiger partial charge in [0.05, 0.1) is 45.7 Å². The molecule has 0 aliphatic rings. The summed E-state index contributed by atoms with van der Waals surface area (Å²) in [5.74, 6) is 0. The lowest BCUT2D eigenvalue weighted by Gasteiger charge is -2.17. The van der Waals surface area contributed by atoms with Gasteiger partial charge in [0.15, 0.2) is 0 Å². The first kappa shape index (κ1) is 18.8. The van der Waals surface area contributed by atoms with Crippen molar-refractivity contribution >= 4 is 0 Å². The molecule has 0 aromatic rings. The Balaban J connectivity index is 3.40. The molecule has 0 heterocycles. The van der Waals surface area contributed by atoms with Gasteiger partial charge >= 0.3 is 0 Å². The van der Waals surface area contributed by atoms with Crippen molar-refractivity contribution in [2.45, 2.75) is 58.5 Å². The predicted octanol–water partition coefficient (Wildman–Crippen LogP) is 2.78. The van der Waals surface area contributed by atoms with Gasteiger partial charge in [-0.25, -0.2) is 0 Å². The molecule has 0 atom stereocenters. The molecule has 1 N–H and O–H groups in total. The van der Waals surface area contributed by atoms with E-state index in [1.807, 2.05) is 0 Å². The lowest BCUT2D eigenvalue weighted by molar-refractivity contribution is -0.0197. The van der Waals surface area contributed by atoms with E-state index in [2.05, 4.69) is 13.8 Å². The van der Waals surface area contributed by atoms with Gasteiger partial charge in [-0.2, -0.15) is 0 Å². The lowest BCUT2D eigenvalue weighted by Crippen LogP contribution is -2.17. The summed E-state index contributed by atoms with van der Waals surface area (Å²) in [6.45, 7) is 7.28. The smallest absolute Gasteiger partial charge is 0.0704 e. The lowest BCUT2D eigenvalue weighted by atomic mass is 10.1.